The molecule has 2 amide bonds. The number of likely N-dealkylation sites (tertiary alicyclic amines) is 3. The third-order valence-electron chi connectivity index (χ3n) is 7.13. The molecule has 1 saturated carbocycles. The molecule has 26 heavy (non-hydrogen) atoms. The molecule has 4 rings (SSSR count). The predicted octanol–water partition coefficient (Wildman–Crippen LogP) is 2.35. The molecule has 5 heteroatoms. The lowest BCUT2D eigenvalue weighted by Crippen LogP contribution is -2.60. The van der Waals surface area contributed by atoms with Gasteiger partial charge in [0.1, 0.15) is 0 Å². The molecule has 146 valence electrons. The molecule has 0 aromatic heterocycles. The van der Waals surface area contributed by atoms with Crippen LogP contribution < -0.4 is 0 Å². The number of amides is 2. The van der Waals surface area contributed by atoms with Crippen molar-refractivity contribution < 1.29 is 9.59 Å². The summed E-state index contributed by atoms with van der Waals surface area (Å²) in [5.74, 6) is 2.46. The fourth-order valence-corrected chi connectivity index (χ4v) is 5.76. The van der Waals surface area contributed by atoms with E-state index in [1.165, 1.54) is 19.3 Å². The summed E-state index contributed by atoms with van der Waals surface area (Å²) >= 11 is 0. The molecule has 0 aromatic rings. The third-order valence-corrected chi connectivity index (χ3v) is 7.13. The molecular weight excluding hydrogens is 326 g/mol. The molecule has 4 fully saturated rings. The van der Waals surface area contributed by atoms with Crippen LogP contribution in [0.3, 0.4) is 0 Å². The summed E-state index contributed by atoms with van der Waals surface area (Å²) in [6, 6.07) is 0.926. The van der Waals surface area contributed by atoms with Crippen molar-refractivity contribution >= 4 is 11.8 Å². The van der Waals surface area contributed by atoms with Gasteiger partial charge in [-0.25, -0.2) is 0 Å². The summed E-state index contributed by atoms with van der Waals surface area (Å²) in [6.07, 6.45) is 6.36. The number of hydrogen-bond acceptors (Lipinski definition) is 3. The van der Waals surface area contributed by atoms with Crippen LogP contribution in [0.25, 0.3) is 0 Å². The lowest BCUT2D eigenvalue weighted by Gasteiger charge is -2.49. The molecule has 3 saturated heterocycles. The minimum absolute atomic E-state index is 0.0274. The van der Waals surface area contributed by atoms with E-state index in [2.05, 4.69) is 35.5 Å². The Hall–Kier alpha value is -1.10. The number of carbonyl (C=O) groups is 2. The van der Waals surface area contributed by atoms with Gasteiger partial charge >= 0.3 is 0 Å². The quantitative estimate of drug-likeness (QED) is 0.775. The highest BCUT2D eigenvalue weighted by molar-refractivity contribution is 5.81. The first kappa shape index (κ1) is 18.3. The standard InChI is InChI=1S/C21H35N3O2/c1-14-10-15(2)12-23(11-14)21(26)16(3)22-9-8-19-17(13-22)4-7-20(25)24(19)18-5-6-18/h14-19H,4-13H2,1-3H3/t14-,15+,16-,17-,19-/m0/s1. The number of carbonyl (C=O) groups excluding carboxylic acids is 2. The average Bonchev–Trinajstić information content (AvgIpc) is 3.44. The van der Waals surface area contributed by atoms with Crippen LogP contribution in [0.1, 0.15) is 59.3 Å². The van der Waals surface area contributed by atoms with Crippen LogP contribution in [0, 0.1) is 17.8 Å². The molecule has 1 aliphatic carbocycles. The highest BCUT2D eigenvalue weighted by atomic mass is 16.2. The van der Waals surface area contributed by atoms with Crippen molar-refractivity contribution in [2.24, 2.45) is 17.8 Å². The van der Waals surface area contributed by atoms with E-state index in [4.69, 9.17) is 0 Å². The van der Waals surface area contributed by atoms with E-state index >= 15 is 0 Å². The highest BCUT2D eigenvalue weighted by Gasteiger charge is 2.46. The van der Waals surface area contributed by atoms with Crippen molar-refractivity contribution in [3.63, 3.8) is 0 Å². The van der Waals surface area contributed by atoms with Crippen LogP contribution in [0.4, 0.5) is 0 Å². The number of piperidine rings is 3. The molecule has 3 aliphatic heterocycles. The van der Waals surface area contributed by atoms with Gasteiger partial charge in [0.05, 0.1) is 6.04 Å². The van der Waals surface area contributed by atoms with Gasteiger partial charge in [0.15, 0.2) is 0 Å². The van der Waals surface area contributed by atoms with Crippen LogP contribution in [0.5, 0.6) is 0 Å². The summed E-state index contributed by atoms with van der Waals surface area (Å²) < 4.78 is 0. The topological polar surface area (TPSA) is 43.9 Å². The molecule has 4 aliphatic rings. The minimum Gasteiger partial charge on any atom is -0.341 e. The lowest BCUT2D eigenvalue weighted by atomic mass is 9.82. The maximum absolute atomic E-state index is 13.1. The van der Waals surface area contributed by atoms with Crippen LogP contribution in [-0.4, -0.2) is 70.8 Å². The highest BCUT2D eigenvalue weighted by Crippen LogP contribution is 2.39. The summed E-state index contributed by atoms with van der Waals surface area (Å²) in [5.41, 5.74) is 0. The van der Waals surface area contributed by atoms with Crippen LogP contribution in [-0.2, 0) is 9.59 Å². The summed E-state index contributed by atoms with van der Waals surface area (Å²) in [4.78, 5) is 32.2. The fourth-order valence-electron chi connectivity index (χ4n) is 5.76. The molecule has 0 N–H and O–H groups in total. The Labute approximate surface area is 158 Å². The summed E-state index contributed by atoms with van der Waals surface area (Å²) in [5, 5.41) is 0. The zero-order chi connectivity index (χ0) is 18.4. The van der Waals surface area contributed by atoms with Gasteiger partial charge in [-0.1, -0.05) is 13.8 Å². The predicted molar refractivity (Wildman–Crippen MR) is 102 cm³/mol. The van der Waals surface area contributed by atoms with E-state index < -0.39 is 0 Å². The Kier molecular flexibility index (Phi) is 5.02. The number of nitrogens with zero attached hydrogens (tertiary/aromatic N) is 3. The minimum atomic E-state index is -0.0274. The Morgan fingerprint density at radius 2 is 1.73 bits per heavy atom. The maximum atomic E-state index is 13.1. The number of fused-ring (bicyclic) bond motifs is 1. The summed E-state index contributed by atoms with van der Waals surface area (Å²) in [6.45, 7) is 10.4. The number of hydrogen-bond donors (Lipinski definition) is 0. The van der Waals surface area contributed by atoms with Crippen LogP contribution >= 0.6 is 0 Å². The second kappa shape index (κ2) is 7.14. The Balaban J connectivity index is 1.38. The smallest absolute Gasteiger partial charge is 0.239 e. The van der Waals surface area contributed by atoms with Gasteiger partial charge in [-0.2, -0.15) is 0 Å². The first-order valence-electron chi connectivity index (χ1n) is 10.8. The molecule has 0 radical (unpaired) electrons. The second-order valence-electron chi connectivity index (χ2n) is 9.55. The maximum Gasteiger partial charge on any atom is 0.239 e. The van der Waals surface area contributed by atoms with Gasteiger partial charge in [0.2, 0.25) is 11.8 Å². The zero-order valence-corrected chi connectivity index (χ0v) is 16.7. The number of rotatable bonds is 3. The van der Waals surface area contributed by atoms with Crippen LogP contribution in [0.2, 0.25) is 0 Å². The van der Waals surface area contributed by atoms with E-state index in [1.54, 1.807) is 0 Å². The van der Waals surface area contributed by atoms with Crippen molar-refractivity contribution in [3.8, 4) is 0 Å². The second-order valence-corrected chi connectivity index (χ2v) is 9.55. The largest absolute Gasteiger partial charge is 0.341 e. The van der Waals surface area contributed by atoms with Gasteiger partial charge in [-0.05, 0) is 56.8 Å². The van der Waals surface area contributed by atoms with Crippen LogP contribution in [0.15, 0.2) is 0 Å². The Bertz CT molecular complexity index is 551. The van der Waals surface area contributed by atoms with E-state index in [0.29, 0.717) is 48.1 Å². The van der Waals surface area contributed by atoms with Crippen molar-refractivity contribution in [2.75, 3.05) is 26.2 Å². The monoisotopic (exact) mass is 361 g/mol. The van der Waals surface area contributed by atoms with Gasteiger partial charge < -0.3 is 9.80 Å². The Morgan fingerprint density at radius 1 is 1.04 bits per heavy atom. The molecule has 5 atom stereocenters. The lowest BCUT2D eigenvalue weighted by molar-refractivity contribution is -0.146. The first-order valence-corrected chi connectivity index (χ1v) is 10.8. The molecule has 5 nitrogen and oxygen atoms in total. The average molecular weight is 362 g/mol. The van der Waals surface area contributed by atoms with E-state index in [9.17, 15) is 9.59 Å². The molecule has 0 spiro atoms. The van der Waals surface area contributed by atoms with Crippen molar-refractivity contribution in [1.82, 2.24) is 14.7 Å². The van der Waals surface area contributed by atoms with E-state index in [1.807, 2.05) is 0 Å². The molecule has 0 unspecified atom stereocenters. The fraction of sp³-hybridized carbons (Fsp3) is 0.905. The van der Waals surface area contributed by atoms with Gasteiger partial charge in [-0.3, -0.25) is 14.5 Å². The molecular formula is C21H35N3O2. The SMILES string of the molecule is C[C@@H]1C[C@H](C)CN(C(=O)[C@H](C)N2CC[C@H]3[C@@H](CCC(=O)N3C3CC3)C2)C1. The molecule has 0 bridgehead atoms. The zero-order valence-electron chi connectivity index (χ0n) is 16.7. The van der Waals surface area contributed by atoms with Crippen molar-refractivity contribution in [1.29, 1.82) is 0 Å². The van der Waals surface area contributed by atoms with E-state index in [-0.39, 0.29) is 6.04 Å². The van der Waals surface area contributed by atoms with Gasteiger partial charge in [-0.15, -0.1) is 0 Å². The van der Waals surface area contributed by atoms with Crippen molar-refractivity contribution in [3.05, 3.63) is 0 Å². The first-order chi connectivity index (χ1) is 12.4. The molecule has 3 heterocycles. The third kappa shape index (κ3) is 3.51. The normalized spacial score (nSPS) is 37.4. The van der Waals surface area contributed by atoms with Crippen molar-refractivity contribution in [2.45, 2.75) is 77.4 Å². The Morgan fingerprint density at radius 3 is 2.38 bits per heavy atom. The van der Waals surface area contributed by atoms with Gasteiger partial charge in [0, 0.05) is 44.7 Å². The van der Waals surface area contributed by atoms with E-state index in [0.717, 1.165) is 39.0 Å². The summed E-state index contributed by atoms with van der Waals surface area (Å²) in [7, 11) is 0. The molecule has 0 aromatic carbocycles. The van der Waals surface area contributed by atoms with Gasteiger partial charge in [0.25, 0.3) is 0 Å².